The smallest absolute Gasteiger partial charge is 0.306 e. The largest absolute Gasteiger partial charge is 0.466 e. The van der Waals surface area contributed by atoms with Crippen LogP contribution in [-0.4, -0.2) is 51.8 Å². The average molecular weight is 540 g/mol. The van der Waals surface area contributed by atoms with Gasteiger partial charge in [0.15, 0.2) is 0 Å². The predicted octanol–water partition coefficient (Wildman–Crippen LogP) is 4.05. The van der Waals surface area contributed by atoms with Crippen molar-refractivity contribution in [2.24, 2.45) is 5.92 Å². The fourth-order valence-electron chi connectivity index (χ4n) is 4.98. The van der Waals surface area contributed by atoms with Gasteiger partial charge in [0.25, 0.3) is 0 Å². The van der Waals surface area contributed by atoms with E-state index in [1.165, 1.54) is 0 Å². The van der Waals surface area contributed by atoms with Crippen LogP contribution in [0.1, 0.15) is 67.6 Å². The van der Waals surface area contributed by atoms with Crippen LogP contribution in [0.5, 0.6) is 0 Å². The van der Waals surface area contributed by atoms with Gasteiger partial charge in [0.05, 0.1) is 24.4 Å². The Morgan fingerprint density at radius 1 is 1.24 bits per heavy atom. The summed E-state index contributed by atoms with van der Waals surface area (Å²) in [4.78, 5) is 17.1. The molecule has 204 valence electrons. The van der Waals surface area contributed by atoms with E-state index < -0.39 is 10.0 Å². The third kappa shape index (κ3) is 6.47. The summed E-state index contributed by atoms with van der Waals surface area (Å²) in [6.45, 7) is 9.62. The SMILES string of the molecule is CCOC(=O)CC(CCc1cn(CC)nn1)c1ccc(C)c(CN2CC(C)Cc3ncccc3S2(=O)=O)c1. The van der Waals surface area contributed by atoms with Gasteiger partial charge in [-0.2, -0.15) is 4.31 Å². The maximum atomic E-state index is 13.6. The van der Waals surface area contributed by atoms with Crippen molar-refractivity contribution in [3.05, 3.63) is 70.8 Å². The second kappa shape index (κ2) is 12.2. The number of esters is 1. The molecule has 0 saturated heterocycles. The summed E-state index contributed by atoms with van der Waals surface area (Å²) in [5, 5.41) is 8.36. The first-order chi connectivity index (χ1) is 18.2. The Labute approximate surface area is 225 Å². The molecule has 2 atom stereocenters. The normalized spacial score (nSPS) is 17.9. The molecule has 38 heavy (non-hydrogen) atoms. The van der Waals surface area contributed by atoms with Crippen LogP contribution >= 0.6 is 0 Å². The number of rotatable bonds is 10. The molecule has 0 saturated carbocycles. The molecule has 0 radical (unpaired) electrons. The van der Waals surface area contributed by atoms with E-state index in [9.17, 15) is 13.2 Å². The van der Waals surface area contributed by atoms with E-state index in [-0.39, 0.29) is 30.8 Å². The maximum Gasteiger partial charge on any atom is 0.306 e. The van der Waals surface area contributed by atoms with Crippen LogP contribution in [0.2, 0.25) is 0 Å². The van der Waals surface area contributed by atoms with Gasteiger partial charge in [-0.25, -0.2) is 8.42 Å². The van der Waals surface area contributed by atoms with Crippen LogP contribution in [-0.2, 0) is 45.5 Å². The number of carbonyl (C=O) groups excluding carboxylic acids is 1. The Kier molecular flexibility index (Phi) is 8.94. The zero-order chi connectivity index (χ0) is 27.3. The van der Waals surface area contributed by atoms with E-state index in [4.69, 9.17) is 4.74 Å². The zero-order valence-electron chi connectivity index (χ0n) is 22.6. The predicted molar refractivity (Wildman–Crippen MR) is 144 cm³/mol. The van der Waals surface area contributed by atoms with Crippen molar-refractivity contribution in [3.63, 3.8) is 0 Å². The molecule has 0 bridgehead atoms. The van der Waals surface area contributed by atoms with Gasteiger partial charge in [-0.15, -0.1) is 5.10 Å². The van der Waals surface area contributed by atoms with Gasteiger partial charge >= 0.3 is 5.97 Å². The van der Waals surface area contributed by atoms with E-state index in [1.807, 2.05) is 32.2 Å². The first-order valence-electron chi connectivity index (χ1n) is 13.3. The minimum absolute atomic E-state index is 0.0928. The van der Waals surface area contributed by atoms with Gasteiger partial charge < -0.3 is 4.74 Å². The van der Waals surface area contributed by atoms with Gasteiger partial charge in [0, 0.05) is 32.0 Å². The number of carbonyl (C=O) groups is 1. The van der Waals surface area contributed by atoms with Crippen molar-refractivity contribution in [1.82, 2.24) is 24.3 Å². The number of sulfonamides is 1. The van der Waals surface area contributed by atoms with Gasteiger partial charge in [0.2, 0.25) is 10.0 Å². The number of hydrogen-bond acceptors (Lipinski definition) is 7. The summed E-state index contributed by atoms with van der Waals surface area (Å²) in [7, 11) is -3.69. The number of aryl methyl sites for hydroxylation is 3. The minimum Gasteiger partial charge on any atom is -0.466 e. The van der Waals surface area contributed by atoms with Crippen LogP contribution in [0.15, 0.2) is 47.6 Å². The highest BCUT2D eigenvalue weighted by Gasteiger charge is 2.33. The maximum absolute atomic E-state index is 13.6. The van der Waals surface area contributed by atoms with Crippen molar-refractivity contribution in [1.29, 1.82) is 0 Å². The van der Waals surface area contributed by atoms with E-state index in [1.54, 1.807) is 34.2 Å². The third-order valence-corrected chi connectivity index (χ3v) is 8.98. The molecule has 1 aliphatic heterocycles. The zero-order valence-corrected chi connectivity index (χ0v) is 23.4. The molecule has 1 aliphatic rings. The molecule has 2 aromatic heterocycles. The van der Waals surface area contributed by atoms with Crippen LogP contribution in [0.25, 0.3) is 0 Å². The number of pyridine rings is 1. The first kappa shape index (κ1) is 27.9. The highest BCUT2D eigenvalue weighted by molar-refractivity contribution is 7.89. The molecule has 1 aromatic carbocycles. The van der Waals surface area contributed by atoms with Crippen molar-refractivity contribution >= 4 is 16.0 Å². The van der Waals surface area contributed by atoms with Crippen LogP contribution in [0.4, 0.5) is 0 Å². The van der Waals surface area contributed by atoms with Crippen LogP contribution in [0.3, 0.4) is 0 Å². The minimum atomic E-state index is -3.69. The topological polar surface area (TPSA) is 107 Å². The van der Waals surface area contributed by atoms with E-state index in [2.05, 4.69) is 28.3 Å². The third-order valence-electron chi connectivity index (χ3n) is 7.09. The van der Waals surface area contributed by atoms with E-state index in [0.29, 0.717) is 43.0 Å². The second-order valence-electron chi connectivity index (χ2n) is 10.1. The van der Waals surface area contributed by atoms with Gasteiger partial charge in [-0.05, 0) is 80.7 Å². The molecule has 3 heterocycles. The Morgan fingerprint density at radius 3 is 2.79 bits per heavy atom. The Morgan fingerprint density at radius 2 is 2.05 bits per heavy atom. The highest BCUT2D eigenvalue weighted by atomic mass is 32.2. The van der Waals surface area contributed by atoms with E-state index in [0.717, 1.165) is 28.9 Å². The molecule has 0 spiro atoms. The molecular formula is C28H37N5O4S. The summed E-state index contributed by atoms with van der Waals surface area (Å²) < 4.78 is 35.9. The monoisotopic (exact) mass is 539 g/mol. The number of benzene rings is 1. The van der Waals surface area contributed by atoms with Gasteiger partial charge in [-0.3, -0.25) is 14.5 Å². The van der Waals surface area contributed by atoms with Crippen LogP contribution in [0, 0.1) is 12.8 Å². The molecule has 9 nitrogen and oxygen atoms in total. The standard InChI is InChI=1S/C28H37N5O4S/c1-5-32-19-25(30-31-32)12-11-23(16-28(34)37-6-2)22-10-9-21(4)24(15-22)18-33-17-20(3)14-26-27(38(33,35)36)8-7-13-29-26/h7-10,13,15,19-20,23H,5-6,11-12,14,16-18H2,1-4H3. The Bertz CT molecular complexity index is 1370. The number of ether oxygens (including phenoxy) is 1. The molecule has 0 amide bonds. The van der Waals surface area contributed by atoms with E-state index >= 15 is 0 Å². The summed E-state index contributed by atoms with van der Waals surface area (Å²) in [6, 6.07) is 9.42. The molecule has 4 rings (SSSR count). The quantitative estimate of drug-likeness (QED) is 0.358. The Balaban J connectivity index is 1.61. The van der Waals surface area contributed by atoms with Crippen molar-refractivity contribution in [2.75, 3.05) is 13.2 Å². The number of hydrogen-bond donors (Lipinski definition) is 0. The summed E-state index contributed by atoms with van der Waals surface area (Å²) in [5.74, 6) is -0.202. The molecule has 0 fully saturated rings. The van der Waals surface area contributed by atoms with Crippen molar-refractivity contribution in [2.45, 2.75) is 77.3 Å². The first-order valence-corrected chi connectivity index (χ1v) is 14.7. The summed E-state index contributed by atoms with van der Waals surface area (Å²) in [5.41, 5.74) is 4.43. The fourth-order valence-corrected chi connectivity index (χ4v) is 6.71. The van der Waals surface area contributed by atoms with Gasteiger partial charge in [-0.1, -0.05) is 30.3 Å². The lowest BCUT2D eigenvalue weighted by atomic mass is 9.88. The van der Waals surface area contributed by atoms with Crippen LogP contribution < -0.4 is 0 Å². The molecule has 0 N–H and O–H groups in total. The molecule has 3 aromatic rings. The van der Waals surface area contributed by atoms with Crippen molar-refractivity contribution < 1.29 is 17.9 Å². The Hall–Kier alpha value is -3.11. The van der Waals surface area contributed by atoms with Crippen molar-refractivity contribution in [3.8, 4) is 0 Å². The second-order valence-corrected chi connectivity index (χ2v) is 12.0. The average Bonchev–Trinajstić information content (AvgIpc) is 3.32. The number of fused-ring (bicyclic) bond motifs is 1. The molecule has 2 unspecified atom stereocenters. The highest BCUT2D eigenvalue weighted by Crippen LogP contribution is 2.31. The molecule has 0 aliphatic carbocycles. The lowest BCUT2D eigenvalue weighted by Crippen LogP contribution is -2.33. The summed E-state index contributed by atoms with van der Waals surface area (Å²) in [6.07, 6.45) is 5.82. The fraction of sp³-hybridized carbons (Fsp3) is 0.500. The number of nitrogens with zero attached hydrogens (tertiary/aromatic N) is 5. The van der Waals surface area contributed by atoms with Gasteiger partial charge in [0.1, 0.15) is 4.90 Å². The molecular weight excluding hydrogens is 502 g/mol. The molecule has 10 heteroatoms. The lowest BCUT2D eigenvalue weighted by molar-refractivity contribution is -0.143. The summed E-state index contributed by atoms with van der Waals surface area (Å²) >= 11 is 0. The lowest BCUT2D eigenvalue weighted by Gasteiger charge is -2.24. The number of aromatic nitrogens is 4.